The summed E-state index contributed by atoms with van der Waals surface area (Å²) in [5, 5.41) is 13.5. The van der Waals surface area contributed by atoms with Crippen LogP contribution in [0.1, 0.15) is 52.7 Å². The lowest BCUT2D eigenvalue weighted by molar-refractivity contribution is 0.477. The fourth-order valence-corrected chi connectivity index (χ4v) is 9.78. The molecule has 3 aromatic heterocycles. The van der Waals surface area contributed by atoms with Gasteiger partial charge >= 0.3 is 0 Å². The number of rotatable bonds is 8. The van der Waals surface area contributed by atoms with Gasteiger partial charge in [-0.2, -0.15) is 0 Å². The van der Waals surface area contributed by atoms with Crippen molar-refractivity contribution in [1.82, 2.24) is 14.5 Å². The summed E-state index contributed by atoms with van der Waals surface area (Å²) in [4.78, 5) is 10.3. The Morgan fingerprint density at radius 3 is 1.54 bits per heavy atom. The Labute approximate surface area is 411 Å². The van der Waals surface area contributed by atoms with Gasteiger partial charge in [-0.1, -0.05) is 187 Å². The Kier molecular flexibility index (Phi) is 11.1. The lowest BCUT2D eigenvalue weighted by atomic mass is 9.79. The maximum Gasteiger partial charge on any atom is 0.124 e. The van der Waals surface area contributed by atoms with Crippen LogP contribution in [0.15, 0.2) is 219 Å². The van der Waals surface area contributed by atoms with Gasteiger partial charge in [0.2, 0.25) is 0 Å². The summed E-state index contributed by atoms with van der Waals surface area (Å²) in [6, 6.07) is 75.3. The van der Waals surface area contributed by atoms with Crippen LogP contribution in [0, 0.1) is 0 Å². The van der Waals surface area contributed by atoms with Crippen molar-refractivity contribution >= 4 is 21.8 Å². The first kappa shape index (κ1) is 44.2. The Balaban J connectivity index is 1.06. The van der Waals surface area contributed by atoms with E-state index in [4.69, 9.17) is 9.97 Å². The first-order valence-electron chi connectivity index (χ1n) is 24.2. The van der Waals surface area contributed by atoms with Crippen molar-refractivity contribution in [3.63, 3.8) is 0 Å². The normalized spacial score (nSPS) is 11.9. The molecule has 11 aromatic rings. The predicted molar refractivity (Wildman–Crippen MR) is 293 cm³/mol. The Hall–Kier alpha value is -8.34. The van der Waals surface area contributed by atoms with Gasteiger partial charge in [0, 0.05) is 44.9 Å². The number of aromatic hydroxyl groups is 1. The predicted octanol–water partition coefficient (Wildman–Crippen LogP) is 17.5. The van der Waals surface area contributed by atoms with Crippen molar-refractivity contribution in [2.75, 3.05) is 0 Å². The monoisotopic (exact) mass is 905 g/mol. The molecule has 0 aliphatic rings. The molecule has 4 nitrogen and oxygen atoms in total. The number of nitrogens with zero attached hydrogens (tertiary/aromatic N) is 3. The lowest BCUT2D eigenvalue weighted by Crippen LogP contribution is -2.16. The molecular formula is C66H55N3O. The van der Waals surface area contributed by atoms with Crippen molar-refractivity contribution < 1.29 is 5.11 Å². The molecule has 0 unspecified atom stereocenters. The molecule has 0 spiro atoms. The van der Waals surface area contributed by atoms with Gasteiger partial charge in [-0.05, 0) is 128 Å². The second kappa shape index (κ2) is 17.6. The molecule has 8 aromatic carbocycles. The quantitative estimate of drug-likeness (QED) is 0.165. The third-order valence-corrected chi connectivity index (χ3v) is 13.6. The second-order valence-corrected chi connectivity index (χ2v) is 20.5. The van der Waals surface area contributed by atoms with Gasteiger partial charge in [-0.25, -0.2) is 4.98 Å². The van der Waals surface area contributed by atoms with Crippen LogP contribution in [-0.4, -0.2) is 19.6 Å². The number of pyridine rings is 2. The molecule has 0 radical (unpaired) electrons. The molecule has 0 fully saturated rings. The van der Waals surface area contributed by atoms with Gasteiger partial charge in [0.1, 0.15) is 5.75 Å². The second-order valence-electron chi connectivity index (χ2n) is 20.5. The number of para-hydroxylation sites is 3. The smallest absolute Gasteiger partial charge is 0.124 e. The molecule has 0 amide bonds. The fraction of sp³-hybridized carbons (Fsp3) is 0.121. The number of phenols is 1. The van der Waals surface area contributed by atoms with E-state index >= 15 is 0 Å². The van der Waals surface area contributed by atoms with E-state index < -0.39 is 0 Å². The molecule has 0 aliphatic heterocycles. The zero-order valence-corrected chi connectivity index (χ0v) is 40.6. The van der Waals surface area contributed by atoms with Crippen LogP contribution < -0.4 is 0 Å². The van der Waals surface area contributed by atoms with E-state index in [1.54, 1.807) is 6.07 Å². The summed E-state index contributed by atoms with van der Waals surface area (Å²) >= 11 is 0. The number of hydrogen-bond acceptors (Lipinski definition) is 3. The summed E-state index contributed by atoms with van der Waals surface area (Å²) < 4.78 is 2.45. The zero-order chi connectivity index (χ0) is 48.1. The van der Waals surface area contributed by atoms with Crippen molar-refractivity contribution in [1.29, 1.82) is 0 Å². The molecule has 3 heterocycles. The van der Waals surface area contributed by atoms with Gasteiger partial charge in [0.15, 0.2) is 0 Å². The lowest BCUT2D eigenvalue weighted by Gasteiger charge is -2.26. The summed E-state index contributed by atoms with van der Waals surface area (Å²) in [5.74, 6) is 0.196. The molecule has 0 atom stereocenters. The minimum absolute atomic E-state index is 0.0519. The van der Waals surface area contributed by atoms with Gasteiger partial charge < -0.3 is 9.67 Å². The molecule has 4 heteroatoms. The number of hydrogen-bond donors (Lipinski definition) is 1. The van der Waals surface area contributed by atoms with E-state index in [9.17, 15) is 5.11 Å². The number of fused-ring (bicyclic) bond motifs is 3. The van der Waals surface area contributed by atoms with Crippen LogP contribution in [0.3, 0.4) is 0 Å². The highest BCUT2D eigenvalue weighted by molar-refractivity contribution is 6.14. The molecule has 0 saturated carbocycles. The van der Waals surface area contributed by atoms with Gasteiger partial charge in [-0.15, -0.1) is 0 Å². The van der Waals surface area contributed by atoms with Crippen LogP contribution in [-0.2, 0) is 10.8 Å². The average molecular weight is 906 g/mol. The Morgan fingerprint density at radius 1 is 0.371 bits per heavy atom. The third-order valence-electron chi connectivity index (χ3n) is 13.6. The average Bonchev–Trinajstić information content (AvgIpc) is 3.73. The van der Waals surface area contributed by atoms with Crippen LogP contribution in [0.2, 0.25) is 0 Å². The number of phenolic OH excluding ortho intramolecular Hbond substituents is 1. The van der Waals surface area contributed by atoms with Crippen molar-refractivity contribution in [2.24, 2.45) is 0 Å². The van der Waals surface area contributed by atoms with E-state index in [0.29, 0.717) is 11.3 Å². The Bertz CT molecular complexity index is 3650. The zero-order valence-electron chi connectivity index (χ0n) is 40.6. The van der Waals surface area contributed by atoms with Crippen LogP contribution >= 0.6 is 0 Å². The molecule has 70 heavy (non-hydrogen) atoms. The molecule has 11 rings (SSSR count). The highest BCUT2D eigenvalue weighted by Crippen LogP contribution is 2.42. The highest BCUT2D eigenvalue weighted by atomic mass is 16.3. The van der Waals surface area contributed by atoms with Gasteiger partial charge in [0.25, 0.3) is 0 Å². The third kappa shape index (κ3) is 8.47. The summed E-state index contributed by atoms with van der Waals surface area (Å²) in [6.07, 6.45) is 1.93. The van der Waals surface area contributed by atoms with E-state index in [1.165, 1.54) is 33.0 Å². The number of benzene rings is 8. The van der Waals surface area contributed by atoms with E-state index in [1.807, 2.05) is 24.4 Å². The van der Waals surface area contributed by atoms with Crippen LogP contribution in [0.25, 0.3) is 106 Å². The topological polar surface area (TPSA) is 50.9 Å². The SMILES string of the molecule is CC(C)(C)c1cc(-c2cc(-c3cccc(-c4cc(-c5cccc6c7ccccc7n(-c7cc(-c8ccccc8)cc(-c8ccccc8)c7)c56)ccn4)c3)nc(-c3ccccc3O)c2)cc(C(C)(C)C)c1. The van der Waals surface area contributed by atoms with Crippen molar-refractivity contribution in [2.45, 2.75) is 52.4 Å². The van der Waals surface area contributed by atoms with Crippen molar-refractivity contribution in [3.05, 3.63) is 230 Å². The minimum atomic E-state index is -0.0519. The molecule has 1 N–H and O–H groups in total. The molecule has 0 aliphatic carbocycles. The summed E-state index contributed by atoms with van der Waals surface area (Å²) in [7, 11) is 0. The first-order valence-corrected chi connectivity index (χ1v) is 24.2. The summed E-state index contributed by atoms with van der Waals surface area (Å²) in [6.45, 7) is 13.6. The minimum Gasteiger partial charge on any atom is -0.507 e. The molecular weight excluding hydrogens is 851 g/mol. The fourth-order valence-electron chi connectivity index (χ4n) is 9.78. The van der Waals surface area contributed by atoms with E-state index in [2.05, 4.69) is 234 Å². The highest BCUT2D eigenvalue weighted by Gasteiger charge is 2.23. The Morgan fingerprint density at radius 2 is 0.871 bits per heavy atom. The van der Waals surface area contributed by atoms with Crippen LogP contribution in [0.4, 0.5) is 0 Å². The summed E-state index contributed by atoms with van der Waals surface area (Å²) in [5.41, 5.74) is 19.9. The molecule has 0 saturated heterocycles. The van der Waals surface area contributed by atoms with Crippen LogP contribution in [0.5, 0.6) is 5.75 Å². The first-order chi connectivity index (χ1) is 33.9. The van der Waals surface area contributed by atoms with Gasteiger partial charge in [0.05, 0.1) is 28.1 Å². The van der Waals surface area contributed by atoms with E-state index in [0.717, 1.165) is 72.6 Å². The van der Waals surface area contributed by atoms with E-state index in [-0.39, 0.29) is 16.6 Å². The molecule has 0 bridgehead atoms. The van der Waals surface area contributed by atoms with Gasteiger partial charge in [-0.3, -0.25) is 4.98 Å². The number of aromatic nitrogens is 3. The standard InChI is InChI=1S/C66H55N3O/c1-65(2,3)52-35-50(36-53(42-52)66(4,5)6)51-40-60(68-61(41-51)58-26-14-16-30-63(58)70)47-24-17-23-46(33-47)59-39-45(31-32-67-59)55-27-18-28-57-56-25-13-15-29-62(56)69(64(55)57)54-37-48(43-19-9-7-10-20-43)34-49(38-54)44-21-11-8-12-22-44/h7-42,70H,1-6H3. The largest absolute Gasteiger partial charge is 0.507 e. The molecule has 340 valence electrons. The van der Waals surface area contributed by atoms with Crippen molar-refractivity contribution in [3.8, 4) is 89.7 Å². The maximum atomic E-state index is 11.2. The maximum absolute atomic E-state index is 11.2.